The molecule has 0 aromatic carbocycles. The maximum Gasteiger partial charge on any atom is 0.225 e. The first-order valence-electron chi connectivity index (χ1n) is 7.53. The Kier molecular flexibility index (Phi) is 4.33. The van der Waals surface area contributed by atoms with Gasteiger partial charge < -0.3 is 9.64 Å². The molecule has 7 nitrogen and oxygen atoms in total. The summed E-state index contributed by atoms with van der Waals surface area (Å²) in [5.41, 5.74) is -0.184. The average Bonchev–Trinajstić information content (AvgIpc) is 2.70. The molecule has 22 heavy (non-hydrogen) atoms. The third kappa shape index (κ3) is 3.39. The highest BCUT2D eigenvalue weighted by Gasteiger charge is 2.41. The van der Waals surface area contributed by atoms with Crippen LogP contribution in [-0.2, 0) is 14.8 Å². The molecular weight excluding hydrogens is 304 g/mol. The smallest absolute Gasteiger partial charge is 0.225 e. The van der Waals surface area contributed by atoms with Gasteiger partial charge in [0, 0.05) is 44.0 Å². The van der Waals surface area contributed by atoms with Gasteiger partial charge in [-0.2, -0.15) is 0 Å². The molecule has 2 fully saturated rings. The quantitative estimate of drug-likeness (QED) is 0.781. The zero-order valence-electron chi connectivity index (χ0n) is 12.8. The van der Waals surface area contributed by atoms with Crippen molar-refractivity contribution in [2.24, 2.45) is 5.41 Å². The first-order chi connectivity index (χ1) is 10.5. The lowest BCUT2D eigenvalue weighted by atomic mass is 9.81. The summed E-state index contributed by atoms with van der Waals surface area (Å²) in [5, 5.41) is 0. The monoisotopic (exact) mass is 326 g/mol. The summed E-state index contributed by atoms with van der Waals surface area (Å²) in [5.74, 6) is 0.684. The lowest BCUT2D eigenvalue weighted by Gasteiger charge is -2.42. The summed E-state index contributed by atoms with van der Waals surface area (Å²) >= 11 is 0. The molecule has 0 saturated carbocycles. The maximum atomic E-state index is 11.9. The van der Waals surface area contributed by atoms with Crippen molar-refractivity contribution in [2.45, 2.75) is 12.8 Å². The van der Waals surface area contributed by atoms with Gasteiger partial charge in [-0.15, -0.1) is 0 Å². The fraction of sp³-hybridized carbons (Fsp3) is 0.714. The van der Waals surface area contributed by atoms with E-state index < -0.39 is 10.0 Å². The van der Waals surface area contributed by atoms with E-state index in [0.29, 0.717) is 32.3 Å². The van der Waals surface area contributed by atoms with E-state index in [0.717, 1.165) is 25.9 Å². The van der Waals surface area contributed by atoms with E-state index in [9.17, 15) is 8.42 Å². The summed E-state index contributed by atoms with van der Waals surface area (Å²) in [6.07, 6.45) is 6.55. The van der Waals surface area contributed by atoms with Crippen molar-refractivity contribution in [3.8, 4) is 0 Å². The first kappa shape index (κ1) is 15.6. The minimum Gasteiger partial charge on any atom is -0.379 e. The molecule has 0 aliphatic carbocycles. The van der Waals surface area contributed by atoms with Crippen molar-refractivity contribution in [2.75, 3.05) is 50.5 Å². The molecule has 8 heteroatoms. The van der Waals surface area contributed by atoms with Gasteiger partial charge in [-0.1, -0.05) is 0 Å². The Hall–Kier alpha value is -1.25. The van der Waals surface area contributed by atoms with Crippen LogP contribution in [0, 0.1) is 5.41 Å². The number of piperidine rings is 1. The van der Waals surface area contributed by atoms with Crippen molar-refractivity contribution < 1.29 is 13.2 Å². The normalized spacial score (nSPS) is 27.8. The number of aromatic nitrogens is 2. The number of anilines is 1. The van der Waals surface area contributed by atoms with Crippen LogP contribution >= 0.6 is 0 Å². The van der Waals surface area contributed by atoms with Gasteiger partial charge in [-0.05, 0) is 18.9 Å². The number of rotatable bonds is 2. The van der Waals surface area contributed by atoms with E-state index in [-0.39, 0.29) is 5.41 Å². The van der Waals surface area contributed by atoms with Gasteiger partial charge in [0.1, 0.15) is 0 Å². The van der Waals surface area contributed by atoms with Crippen molar-refractivity contribution in [3.63, 3.8) is 0 Å². The molecule has 1 atom stereocenters. The van der Waals surface area contributed by atoms with E-state index in [4.69, 9.17) is 4.74 Å². The minimum absolute atomic E-state index is 0.184. The topological polar surface area (TPSA) is 75.6 Å². The van der Waals surface area contributed by atoms with Crippen molar-refractivity contribution in [1.29, 1.82) is 0 Å². The van der Waals surface area contributed by atoms with Crippen LogP contribution in [0.1, 0.15) is 12.8 Å². The van der Waals surface area contributed by atoms with Gasteiger partial charge in [0.05, 0.1) is 19.5 Å². The van der Waals surface area contributed by atoms with Crippen LogP contribution in [0.5, 0.6) is 0 Å². The third-order valence-corrected chi connectivity index (χ3v) is 5.62. The molecule has 1 aromatic rings. The molecule has 0 unspecified atom stereocenters. The van der Waals surface area contributed by atoms with Gasteiger partial charge in [0.2, 0.25) is 16.0 Å². The zero-order valence-corrected chi connectivity index (χ0v) is 13.6. The molecule has 1 aromatic heterocycles. The Balaban J connectivity index is 1.82. The van der Waals surface area contributed by atoms with E-state index in [1.54, 1.807) is 22.8 Å². The Morgan fingerprint density at radius 2 is 2.00 bits per heavy atom. The third-order valence-electron chi connectivity index (χ3n) is 4.37. The Morgan fingerprint density at radius 3 is 2.73 bits per heavy atom. The predicted molar refractivity (Wildman–Crippen MR) is 83.1 cm³/mol. The number of sulfonamides is 1. The van der Waals surface area contributed by atoms with Gasteiger partial charge >= 0.3 is 0 Å². The second-order valence-corrected chi connectivity index (χ2v) is 8.21. The molecule has 122 valence electrons. The molecular formula is C14H22N4O3S. The highest BCUT2D eigenvalue weighted by atomic mass is 32.2. The standard InChI is InChI=1S/C14H22N4O3S/c1-22(19,20)18-7-2-4-14(11-18)10-17(8-9-21-12-14)13-15-5-3-6-16-13/h3,5-6H,2,4,7-12H2,1H3/t14-/m0/s1. The van der Waals surface area contributed by atoms with Gasteiger partial charge in [0.15, 0.2) is 0 Å². The largest absolute Gasteiger partial charge is 0.379 e. The Bertz CT molecular complexity index is 610. The van der Waals surface area contributed by atoms with E-state index in [1.807, 2.05) is 0 Å². The molecule has 0 N–H and O–H groups in total. The number of hydrogen-bond donors (Lipinski definition) is 0. The van der Waals surface area contributed by atoms with Crippen LogP contribution in [0.25, 0.3) is 0 Å². The van der Waals surface area contributed by atoms with Gasteiger partial charge in [0.25, 0.3) is 0 Å². The fourth-order valence-electron chi connectivity index (χ4n) is 3.31. The van der Waals surface area contributed by atoms with Crippen LogP contribution in [0.2, 0.25) is 0 Å². The lowest BCUT2D eigenvalue weighted by Crippen LogP contribution is -2.52. The lowest BCUT2D eigenvalue weighted by molar-refractivity contribution is 0.0351. The Morgan fingerprint density at radius 1 is 1.23 bits per heavy atom. The van der Waals surface area contributed by atoms with Crippen LogP contribution in [0.15, 0.2) is 18.5 Å². The summed E-state index contributed by atoms with van der Waals surface area (Å²) in [4.78, 5) is 10.7. The highest BCUT2D eigenvalue weighted by Crippen LogP contribution is 2.34. The highest BCUT2D eigenvalue weighted by molar-refractivity contribution is 7.88. The van der Waals surface area contributed by atoms with Crippen molar-refractivity contribution in [3.05, 3.63) is 18.5 Å². The predicted octanol–water partition coefficient (Wildman–Crippen LogP) is 0.355. The molecule has 0 amide bonds. The minimum atomic E-state index is -3.17. The van der Waals surface area contributed by atoms with Crippen LogP contribution in [0.3, 0.4) is 0 Å². The number of ether oxygens (including phenoxy) is 1. The molecule has 0 bridgehead atoms. The van der Waals surface area contributed by atoms with E-state index in [1.165, 1.54) is 6.26 Å². The van der Waals surface area contributed by atoms with Crippen molar-refractivity contribution in [1.82, 2.24) is 14.3 Å². The van der Waals surface area contributed by atoms with E-state index >= 15 is 0 Å². The van der Waals surface area contributed by atoms with Crippen LogP contribution in [-0.4, -0.2) is 68.3 Å². The van der Waals surface area contributed by atoms with Crippen molar-refractivity contribution >= 4 is 16.0 Å². The molecule has 2 saturated heterocycles. The summed E-state index contributed by atoms with van der Waals surface area (Å²) in [6, 6.07) is 1.79. The molecule has 0 radical (unpaired) electrons. The summed E-state index contributed by atoms with van der Waals surface area (Å²) < 4.78 is 31.2. The number of nitrogens with zero attached hydrogens (tertiary/aromatic N) is 4. The SMILES string of the molecule is CS(=O)(=O)N1CCC[C@@]2(COCCN(c3ncccn3)C2)C1. The molecule has 2 aliphatic rings. The first-order valence-corrected chi connectivity index (χ1v) is 9.38. The maximum absolute atomic E-state index is 11.9. The average molecular weight is 326 g/mol. The molecule has 2 aliphatic heterocycles. The summed E-state index contributed by atoms with van der Waals surface area (Å²) in [6.45, 7) is 3.76. The Labute approximate surface area is 131 Å². The molecule has 3 rings (SSSR count). The van der Waals surface area contributed by atoms with Crippen LogP contribution in [0.4, 0.5) is 5.95 Å². The summed E-state index contributed by atoms with van der Waals surface area (Å²) in [7, 11) is -3.17. The second kappa shape index (κ2) is 6.10. The molecule has 1 spiro atoms. The van der Waals surface area contributed by atoms with E-state index in [2.05, 4.69) is 14.9 Å². The zero-order chi connectivity index (χ0) is 15.6. The van der Waals surface area contributed by atoms with Crippen LogP contribution < -0.4 is 4.90 Å². The van der Waals surface area contributed by atoms with Gasteiger partial charge in [-0.25, -0.2) is 22.7 Å². The van der Waals surface area contributed by atoms with Gasteiger partial charge in [-0.3, -0.25) is 0 Å². The number of hydrogen-bond acceptors (Lipinski definition) is 6. The second-order valence-electron chi connectivity index (χ2n) is 6.22. The fourth-order valence-corrected chi connectivity index (χ4v) is 4.28. The molecule has 3 heterocycles.